The Hall–Kier alpha value is -0.970. The molecule has 0 aliphatic rings. The number of benzene rings is 1. The molecular formula is C9H4Cl2O. The average molecular weight is 199 g/mol. The smallest absolute Gasteiger partial charge is 0.193 e. The normalized spacial score (nSPS) is 8.50. The molecule has 0 radical (unpaired) electrons. The molecule has 0 aromatic heterocycles. The topological polar surface area (TPSA) is 17.1 Å². The third kappa shape index (κ3) is 2.27. The fourth-order valence-electron chi connectivity index (χ4n) is 0.701. The Bertz CT molecular complexity index is 361. The number of hydrogen-bond acceptors (Lipinski definition) is 1. The largest absolute Gasteiger partial charge is 0.289 e. The van der Waals surface area contributed by atoms with Gasteiger partial charge in [0, 0.05) is 10.6 Å². The lowest BCUT2D eigenvalue weighted by molar-refractivity contribution is -0.103. The molecule has 0 heterocycles. The highest BCUT2D eigenvalue weighted by atomic mass is 35.5. The van der Waals surface area contributed by atoms with Crippen LogP contribution in [0.1, 0.15) is 5.56 Å². The Labute approximate surface area is 80.3 Å². The van der Waals surface area contributed by atoms with Gasteiger partial charge < -0.3 is 0 Å². The molecule has 0 bridgehead atoms. The average Bonchev–Trinajstić information content (AvgIpc) is 2.07. The molecule has 1 aromatic carbocycles. The second-order valence-electron chi connectivity index (χ2n) is 2.01. The molecular weight excluding hydrogens is 195 g/mol. The van der Waals surface area contributed by atoms with Crippen LogP contribution in [-0.2, 0) is 4.79 Å². The van der Waals surface area contributed by atoms with Gasteiger partial charge in [0.2, 0.25) is 0 Å². The van der Waals surface area contributed by atoms with E-state index in [1.807, 2.05) is 0 Å². The van der Waals surface area contributed by atoms with Crippen molar-refractivity contribution in [3.63, 3.8) is 0 Å². The predicted octanol–water partition coefficient (Wildman–Crippen LogP) is 2.54. The van der Waals surface area contributed by atoms with Crippen LogP contribution in [0.4, 0.5) is 0 Å². The molecule has 0 unspecified atom stereocenters. The molecule has 0 atom stereocenters. The second kappa shape index (κ2) is 4.15. The Morgan fingerprint density at radius 2 is 2.08 bits per heavy atom. The van der Waals surface area contributed by atoms with E-state index in [2.05, 4.69) is 11.8 Å². The van der Waals surface area contributed by atoms with E-state index in [1.54, 1.807) is 18.2 Å². The van der Waals surface area contributed by atoms with Crippen molar-refractivity contribution in [1.82, 2.24) is 0 Å². The van der Waals surface area contributed by atoms with E-state index in [4.69, 9.17) is 23.2 Å². The molecule has 0 N–H and O–H groups in total. The fourth-order valence-corrected chi connectivity index (χ4v) is 1.04. The molecule has 0 amide bonds. The standard InChI is InChI=1S/C9H4Cl2O/c10-8-3-4-9(11)7(6-8)2-1-5-12/h3-6H. The monoisotopic (exact) mass is 198 g/mol. The summed E-state index contributed by atoms with van der Waals surface area (Å²) in [7, 11) is 0. The molecule has 0 saturated heterocycles. The minimum absolute atomic E-state index is 0.494. The third-order valence-corrected chi connectivity index (χ3v) is 1.76. The lowest BCUT2D eigenvalue weighted by Gasteiger charge is -1.94. The molecule has 3 heteroatoms. The summed E-state index contributed by atoms with van der Waals surface area (Å²) in [6.45, 7) is 0. The summed E-state index contributed by atoms with van der Waals surface area (Å²) in [4.78, 5) is 9.92. The maximum Gasteiger partial charge on any atom is 0.193 e. The van der Waals surface area contributed by atoms with Crippen LogP contribution in [0.2, 0.25) is 10.0 Å². The summed E-state index contributed by atoms with van der Waals surface area (Å²) in [6.07, 6.45) is 0.511. The number of rotatable bonds is 0. The molecule has 0 fully saturated rings. The van der Waals surface area contributed by atoms with Gasteiger partial charge in [-0.3, -0.25) is 4.79 Å². The molecule has 1 aromatic rings. The maximum atomic E-state index is 9.92. The summed E-state index contributed by atoms with van der Waals surface area (Å²) < 4.78 is 0. The van der Waals surface area contributed by atoms with Crippen LogP contribution in [-0.4, -0.2) is 6.29 Å². The van der Waals surface area contributed by atoms with Crippen molar-refractivity contribution in [3.05, 3.63) is 33.8 Å². The number of hydrogen-bond donors (Lipinski definition) is 0. The summed E-state index contributed by atoms with van der Waals surface area (Å²) in [5, 5.41) is 1.04. The molecule has 0 aliphatic carbocycles. The van der Waals surface area contributed by atoms with Crippen LogP contribution < -0.4 is 0 Å². The maximum absolute atomic E-state index is 9.92. The van der Waals surface area contributed by atoms with Crippen LogP contribution in [0.5, 0.6) is 0 Å². The van der Waals surface area contributed by atoms with E-state index in [0.717, 1.165) is 0 Å². The Balaban J connectivity index is 3.13. The van der Waals surface area contributed by atoms with E-state index in [9.17, 15) is 4.79 Å². The van der Waals surface area contributed by atoms with E-state index in [1.165, 1.54) is 0 Å². The van der Waals surface area contributed by atoms with E-state index in [-0.39, 0.29) is 0 Å². The summed E-state index contributed by atoms with van der Waals surface area (Å²) in [5.74, 6) is 4.83. The van der Waals surface area contributed by atoms with Gasteiger partial charge in [-0.05, 0) is 24.1 Å². The fraction of sp³-hybridized carbons (Fsp3) is 0. The number of carbonyl (C=O) groups is 1. The zero-order valence-corrected chi connectivity index (χ0v) is 7.49. The van der Waals surface area contributed by atoms with Crippen molar-refractivity contribution in [2.45, 2.75) is 0 Å². The van der Waals surface area contributed by atoms with Crippen molar-refractivity contribution in [3.8, 4) is 11.8 Å². The SMILES string of the molecule is O=CC#Cc1cc(Cl)ccc1Cl. The first-order valence-corrected chi connectivity index (χ1v) is 3.90. The van der Waals surface area contributed by atoms with Gasteiger partial charge in [0.05, 0.1) is 5.02 Å². The molecule has 0 aliphatic heterocycles. The second-order valence-corrected chi connectivity index (χ2v) is 2.85. The highest BCUT2D eigenvalue weighted by Gasteiger charge is 1.96. The highest BCUT2D eigenvalue weighted by molar-refractivity contribution is 6.33. The molecule has 1 rings (SSSR count). The van der Waals surface area contributed by atoms with Gasteiger partial charge in [0.15, 0.2) is 6.29 Å². The van der Waals surface area contributed by atoms with Crippen LogP contribution in [0, 0.1) is 11.8 Å². The zero-order chi connectivity index (χ0) is 8.97. The van der Waals surface area contributed by atoms with Gasteiger partial charge in [-0.1, -0.05) is 29.1 Å². The summed E-state index contributed by atoms with van der Waals surface area (Å²) in [6, 6.07) is 4.91. The van der Waals surface area contributed by atoms with E-state index < -0.39 is 0 Å². The van der Waals surface area contributed by atoms with Crippen molar-refractivity contribution in [2.24, 2.45) is 0 Å². The van der Waals surface area contributed by atoms with Crippen LogP contribution in [0.3, 0.4) is 0 Å². The van der Waals surface area contributed by atoms with Gasteiger partial charge in [-0.25, -0.2) is 0 Å². The molecule has 1 nitrogen and oxygen atoms in total. The molecule has 12 heavy (non-hydrogen) atoms. The van der Waals surface area contributed by atoms with E-state index >= 15 is 0 Å². The first-order valence-electron chi connectivity index (χ1n) is 3.14. The van der Waals surface area contributed by atoms with Gasteiger partial charge in [0.1, 0.15) is 0 Å². The van der Waals surface area contributed by atoms with Crippen LogP contribution >= 0.6 is 23.2 Å². The van der Waals surface area contributed by atoms with Crippen molar-refractivity contribution in [2.75, 3.05) is 0 Å². The van der Waals surface area contributed by atoms with Crippen LogP contribution in [0.25, 0.3) is 0 Å². The lowest BCUT2D eigenvalue weighted by Crippen LogP contribution is -1.76. The first-order chi connectivity index (χ1) is 5.74. The van der Waals surface area contributed by atoms with E-state index in [0.29, 0.717) is 21.9 Å². The number of halogens is 2. The minimum atomic E-state index is 0.494. The first kappa shape index (κ1) is 9.12. The van der Waals surface area contributed by atoms with Gasteiger partial charge in [0.25, 0.3) is 0 Å². The lowest BCUT2D eigenvalue weighted by atomic mass is 10.2. The Morgan fingerprint density at radius 3 is 2.75 bits per heavy atom. The predicted molar refractivity (Wildman–Crippen MR) is 49.4 cm³/mol. The number of carbonyl (C=O) groups excluding carboxylic acids is 1. The van der Waals surface area contributed by atoms with Gasteiger partial charge >= 0.3 is 0 Å². The van der Waals surface area contributed by atoms with Crippen molar-refractivity contribution in [1.29, 1.82) is 0 Å². The van der Waals surface area contributed by atoms with Crippen molar-refractivity contribution < 1.29 is 4.79 Å². The van der Waals surface area contributed by atoms with Gasteiger partial charge in [-0.15, -0.1) is 0 Å². The third-order valence-electron chi connectivity index (χ3n) is 1.19. The van der Waals surface area contributed by atoms with Crippen LogP contribution in [0.15, 0.2) is 18.2 Å². The molecule has 0 saturated carbocycles. The highest BCUT2D eigenvalue weighted by Crippen LogP contribution is 2.19. The molecule has 0 spiro atoms. The van der Waals surface area contributed by atoms with Crippen molar-refractivity contribution >= 4 is 29.5 Å². The van der Waals surface area contributed by atoms with Gasteiger partial charge in [-0.2, -0.15) is 0 Å². The molecule has 60 valence electrons. The summed E-state index contributed by atoms with van der Waals surface area (Å²) in [5.41, 5.74) is 0.566. The minimum Gasteiger partial charge on any atom is -0.289 e. The summed E-state index contributed by atoms with van der Waals surface area (Å²) >= 11 is 11.4. The Kier molecular flexibility index (Phi) is 3.16. The Morgan fingerprint density at radius 1 is 1.33 bits per heavy atom. The number of aldehydes is 1. The zero-order valence-electron chi connectivity index (χ0n) is 5.97. The quantitative estimate of drug-likeness (QED) is 0.463.